The van der Waals surface area contributed by atoms with E-state index in [0.29, 0.717) is 90.3 Å². The lowest BCUT2D eigenvalue weighted by molar-refractivity contribution is 0.120. The molecule has 8 bridgehead atoms. The van der Waals surface area contributed by atoms with E-state index < -0.39 is 0 Å². The van der Waals surface area contributed by atoms with Gasteiger partial charge in [0.25, 0.3) is 0 Å². The Balaban J connectivity index is 1.07. The standard InChI is InChI=1S/C36H62Cl2N8/c1-2-3-10-24-27-25(17-26(37)28(24)38)35-44-33-21-14-7-6-13-20(21)31(42-33)40-29-18-11-4-5-12-19(18)30(39-29)41-32-22-15-8-9-16-23(22)34(43-32)45-36(27)46-35/h18-36,39-46H,2-17H2,1H3. The van der Waals surface area contributed by atoms with Crippen molar-refractivity contribution >= 4 is 23.2 Å². The minimum absolute atomic E-state index is 0.0306. The molecule has 10 heteroatoms. The van der Waals surface area contributed by atoms with E-state index in [9.17, 15) is 0 Å². The van der Waals surface area contributed by atoms with Crippen LogP contribution in [0, 0.1) is 53.3 Å². The highest BCUT2D eigenvalue weighted by molar-refractivity contribution is 6.30. The number of unbranched alkanes of at least 4 members (excludes halogenated alkanes) is 1. The normalized spacial score (nSPS) is 56.5. The highest BCUT2D eigenvalue weighted by atomic mass is 35.5. The SMILES string of the molecule is CCCCC1C(Cl)C(Cl)CC2C3NC4NC(NC5NC(NC6NC(NC(N3)C21)C1CCCCC61)C1CCCCC51)C1CCCCC41. The van der Waals surface area contributed by atoms with Gasteiger partial charge in [-0.1, -0.05) is 58.3 Å². The van der Waals surface area contributed by atoms with Gasteiger partial charge in [0.05, 0.1) is 60.1 Å². The maximum atomic E-state index is 7.28. The Labute approximate surface area is 287 Å². The number of hydrogen-bond donors (Lipinski definition) is 8. The van der Waals surface area contributed by atoms with E-state index in [1.807, 2.05) is 0 Å². The lowest BCUT2D eigenvalue weighted by atomic mass is 9.69. The number of alkyl halides is 2. The molecule has 4 aliphatic carbocycles. The third kappa shape index (κ3) is 5.63. The van der Waals surface area contributed by atoms with E-state index in [1.165, 1.54) is 96.3 Å². The molecular weight excluding hydrogens is 615 g/mol. The van der Waals surface area contributed by atoms with Gasteiger partial charge in [-0.25, -0.2) is 0 Å². The summed E-state index contributed by atoms with van der Waals surface area (Å²) in [6, 6.07) is 0. The number of halogens is 2. The average Bonchev–Trinajstić information content (AvgIpc) is 3.80. The van der Waals surface area contributed by atoms with Crippen molar-refractivity contribution < 1.29 is 0 Å². The molecule has 0 amide bonds. The molecule has 9 aliphatic rings. The van der Waals surface area contributed by atoms with Crippen LogP contribution in [-0.2, 0) is 0 Å². The van der Waals surface area contributed by atoms with Crippen LogP contribution in [0.1, 0.15) is 110 Å². The molecule has 4 saturated carbocycles. The van der Waals surface area contributed by atoms with Crippen LogP contribution in [-0.4, -0.2) is 60.1 Å². The second-order valence-electron chi connectivity index (χ2n) is 17.2. The molecule has 8 nitrogen and oxygen atoms in total. The molecule has 0 spiro atoms. The van der Waals surface area contributed by atoms with Crippen molar-refractivity contribution in [3.63, 3.8) is 0 Å². The molecular formula is C36H62Cl2N8. The lowest BCUT2D eigenvalue weighted by Gasteiger charge is -2.44. The van der Waals surface area contributed by atoms with Crippen LogP contribution in [0.4, 0.5) is 0 Å². The molecule has 8 N–H and O–H groups in total. The summed E-state index contributed by atoms with van der Waals surface area (Å²) in [6.07, 6.45) is 23.3. The third-order valence-corrected chi connectivity index (χ3v) is 16.2. The fourth-order valence-electron chi connectivity index (χ4n) is 12.9. The summed E-state index contributed by atoms with van der Waals surface area (Å²) in [4.78, 5) is 0. The molecule has 5 aliphatic heterocycles. The summed E-state index contributed by atoms with van der Waals surface area (Å²) < 4.78 is 0. The Morgan fingerprint density at radius 1 is 0.457 bits per heavy atom. The second-order valence-corrected chi connectivity index (χ2v) is 18.3. The van der Waals surface area contributed by atoms with Gasteiger partial charge in [-0.05, 0) is 105 Å². The first-order valence-corrected chi connectivity index (χ1v) is 20.8. The van der Waals surface area contributed by atoms with Crippen LogP contribution >= 0.6 is 23.2 Å². The highest BCUT2D eigenvalue weighted by Crippen LogP contribution is 2.50. The van der Waals surface area contributed by atoms with Crippen LogP contribution in [0.15, 0.2) is 0 Å². The Kier molecular flexibility index (Phi) is 9.40. The van der Waals surface area contributed by atoms with Crippen LogP contribution in [0.2, 0.25) is 0 Å². The van der Waals surface area contributed by atoms with Gasteiger partial charge in [0.15, 0.2) is 0 Å². The molecule has 5 heterocycles. The predicted octanol–water partition coefficient (Wildman–Crippen LogP) is 4.46. The van der Waals surface area contributed by atoms with Gasteiger partial charge in [-0.15, -0.1) is 23.2 Å². The summed E-state index contributed by atoms with van der Waals surface area (Å²) in [7, 11) is 0. The minimum atomic E-state index is 0.0306. The largest absolute Gasteiger partial charge is 0.286 e. The molecule has 0 aromatic carbocycles. The Morgan fingerprint density at radius 3 is 1.13 bits per heavy atom. The van der Waals surface area contributed by atoms with E-state index in [4.69, 9.17) is 23.2 Å². The molecule has 5 saturated heterocycles. The Bertz CT molecular complexity index is 1070. The topological polar surface area (TPSA) is 96.2 Å². The first-order valence-electron chi connectivity index (χ1n) is 19.9. The van der Waals surface area contributed by atoms with E-state index in [1.54, 1.807) is 0 Å². The maximum absolute atomic E-state index is 7.28. The number of rotatable bonds is 3. The van der Waals surface area contributed by atoms with Crippen molar-refractivity contribution in [2.24, 2.45) is 53.3 Å². The van der Waals surface area contributed by atoms with E-state index in [2.05, 4.69) is 49.5 Å². The highest BCUT2D eigenvalue weighted by Gasteiger charge is 2.57. The maximum Gasteiger partial charge on any atom is 0.0631 e. The molecule has 46 heavy (non-hydrogen) atoms. The zero-order valence-electron chi connectivity index (χ0n) is 28.0. The van der Waals surface area contributed by atoms with E-state index >= 15 is 0 Å². The van der Waals surface area contributed by atoms with Gasteiger partial charge in [0, 0.05) is 0 Å². The van der Waals surface area contributed by atoms with Gasteiger partial charge in [-0.2, -0.15) is 0 Å². The van der Waals surface area contributed by atoms with Crippen molar-refractivity contribution in [1.82, 2.24) is 42.5 Å². The van der Waals surface area contributed by atoms with E-state index in [0.717, 1.165) is 6.42 Å². The van der Waals surface area contributed by atoms with Gasteiger partial charge in [0.1, 0.15) is 0 Å². The van der Waals surface area contributed by atoms with Crippen LogP contribution < -0.4 is 42.5 Å². The van der Waals surface area contributed by atoms with Gasteiger partial charge < -0.3 is 0 Å². The van der Waals surface area contributed by atoms with Crippen molar-refractivity contribution in [3.05, 3.63) is 0 Å². The quantitative estimate of drug-likeness (QED) is 0.208. The molecule has 19 unspecified atom stereocenters. The second kappa shape index (κ2) is 13.4. The van der Waals surface area contributed by atoms with Crippen LogP contribution in [0.25, 0.3) is 0 Å². The van der Waals surface area contributed by atoms with Crippen LogP contribution in [0.3, 0.4) is 0 Å². The molecule has 0 aromatic heterocycles. The number of nitrogens with one attached hydrogen (secondary N) is 8. The summed E-state index contributed by atoms with van der Waals surface area (Å²) >= 11 is 14.4. The van der Waals surface area contributed by atoms with Crippen LogP contribution in [0.5, 0.6) is 0 Å². The monoisotopic (exact) mass is 676 g/mol. The summed E-state index contributed by atoms with van der Waals surface area (Å²) in [5.41, 5.74) is 0. The first-order chi connectivity index (χ1) is 22.6. The molecule has 0 radical (unpaired) electrons. The Hall–Kier alpha value is 0.260. The van der Waals surface area contributed by atoms with Gasteiger partial charge in [0.2, 0.25) is 0 Å². The average molecular weight is 678 g/mol. The Morgan fingerprint density at radius 2 is 0.783 bits per heavy atom. The zero-order valence-corrected chi connectivity index (χ0v) is 29.6. The fraction of sp³-hybridized carbons (Fsp3) is 1.00. The van der Waals surface area contributed by atoms with Crippen molar-refractivity contribution in [3.8, 4) is 0 Å². The van der Waals surface area contributed by atoms with E-state index in [-0.39, 0.29) is 23.1 Å². The summed E-state index contributed by atoms with van der Waals surface area (Å²) in [5.74, 6) is 5.49. The first kappa shape index (κ1) is 32.2. The van der Waals surface area contributed by atoms with Crippen molar-refractivity contribution in [2.75, 3.05) is 0 Å². The number of hydrogen-bond acceptors (Lipinski definition) is 8. The minimum Gasteiger partial charge on any atom is -0.286 e. The molecule has 9 fully saturated rings. The molecule has 19 atom stereocenters. The summed E-state index contributed by atoms with van der Waals surface area (Å²) in [6.45, 7) is 2.31. The molecule has 0 aromatic rings. The summed E-state index contributed by atoms with van der Waals surface area (Å²) in [5, 5.41) is 34.0. The van der Waals surface area contributed by atoms with Crippen molar-refractivity contribution in [1.29, 1.82) is 0 Å². The smallest absolute Gasteiger partial charge is 0.0631 e. The molecule has 9 rings (SSSR count). The third-order valence-electron chi connectivity index (χ3n) is 15.0. The predicted molar refractivity (Wildman–Crippen MR) is 186 cm³/mol. The van der Waals surface area contributed by atoms with Crippen molar-refractivity contribution in [2.45, 2.75) is 170 Å². The van der Waals surface area contributed by atoms with Gasteiger partial charge >= 0.3 is 0 Å². The van der Waals surface area contributed by atoms with Gasteiger partial charge in [-0.3, -0.25) is 42.5 Å². The number of fused-ring (bicyclic) bond motifs is 20. The fourth-order valence-corrected chi connectivity index (χ4v) is 13.7. The zero-order chi connectivity index (χ0) is 30.9. The lowest BCUT2D eigenvalue weighted by Crippen LogP contribution is -2.61. The molecule has 260 valence electrons.